The Morgan fingerprint density at radius 2 is 1.92 bits per heavy atom. The molecule has 0 aromatic heterocycles. The SMILES string of the molecule is CC(C)(C)OC(=O)C=C1SC=CS1. The Bertz CT molecular complexity index is 251. The summed E-state index contributed by atoms with van der Waals surface area (Å²) < 4.78 is 6.10. The van der Waals surface area contributed by atoms with Gasteiger partial charge in [-0.25, -0.2) is 4.79 Å². The third-order valence-corrected chi connectivity index (χ3v) is 3.06. The number of esters is 1. The second-order valence-electron chi connectivity index (χ2n) is 3.50. The third-order valence-electron chi connectivity index (χ3n) is 1.07. The number of carbonyl (C=O) groups is 1. The number of rotatable bonds is 1. The van der Waals surface area contributed by atoms with Crippen LogP contribution in [0.5, 0.6) is 0 Å². The molecule has 0 spiro atoms. The van der Waals surface area contributed by atoms with Crippen LogP contribution in [0.25, 0.3) is 0 Å². The molecule has 1 heterocycles. The zero-order chi connectivity index (χ0) is 9.90. The Labute approximate surface area is 86.8 Å². The number of hydrogen-bond donors (Lipinski definition) is 0. The number of hydrogen-bond acceptors (Lipinski definition) is 4. The van der Waals surface area contributed by atoms with Crippen molar-refractivity contribution in [2.45, 2.75) is 26.4 Å². The van der Waals surface area contributed by atoms with E-state index in [1.165, 1.54) is 29.6 Å². The molecule has 0 bridgehead atoms. The molecule has 0 fully saturated rings. The highest BCUT2D eigenvalue weighted by molar-refractivity contribution is 8.27. The van der Waals surface area contributed by atoms with E-state index in [1.807, 2.05) is 31.6 Å². The first-order chi connectivity index (χ1) is 5.97. The average molecular weight is 216 g/mol. The molecule has 0 aromatic rings. The lowest BCUT2D eigenvalue weighted by molar-refractivity contribution is -0.148. The van der Waals surface area contributed by atoms with Crippen molar-refractivity contribution in [3.05, 3.63) is 21.1 Å². The van der Waals surface area contributed by atoms with Crippen molar-refractivity contribution < 1.29 is 9.53 Å². The molecule has 0 aromatic carbocycles. The number of thioether (sulfide) groups is 2. The first kappa shape index (κ1) is 10.7. The summed E-state index contributed by atoms with van der Waals surface area (Å²) >= 11 is 3.08. The van der Waals surface area contributed by atoms with E-state index in [2.05, 4.69) is 0 Å². The van der Waals surface area contributed by atoms with Gasteiger partial charge in [-0.15, -0.1) is 0 Å². The van der Waals surface area contributed by atoms with Crippen LogP contribution in [-0.4, -0.2) is 11.6 Å². The minimum atomic E-state index is -0.407. The van der Waals surface area contributed by atoms with Crippen LogP contribution in [0.2, 0.25) is 0 Å². The lowest BCUT2D eigenvalue weighted by Crippen LogP contribution is -2.22. The highest BCUT2D eigenvalue weighted by atomic mass is 32.2. The van der Waals surface area contributed by atoms with Gasteiger partial charge in [-0.3, -0.25) is 0 Å². The van der Waals surface area contributed by atoms with Gasteiger partial charge >= 0.3 is 5.97 Å². The fourth-order valence-electron chi connectivity index (χ4n) is 0.713. The Morgan fingerprint density at radius 1 is 1.38 bits per heavy atom. The van der Waals surface area contributed by atoms with Crippen LogP contribution in [0.4, 0.5) is 0 Å². The fraction of sp³-hybridized carbons (Fsp3) is 0.444. The Hall–Kier alpha value is -0.350. The summed E-state index contributed by atoms with van der Waals surface area (Å²) in [6, 6.07) is 0. The van der Waals surface area contributed by atoms with Crippen LogP contribution < -0.4 is 0 Å². The van der Waals surface area contributed by atoms with E-state index in [9.17, 15) is 4.79 Å². The summed E-state index contributed by atoms with van der Waals surface area (Å²) in [5.41, 5.74) is -0.407. The molecule has 0 radical (unpaired) electrons. The summed E-state index contributed by atoms with van der Waals surface area (Å²) in [5, 5.41) is 3.89. The maximum absolute atomic E-state index is 11.3. The monoisotopic (exact) mass is 216 g/mol. The summed E-state index contributed by atoms with van der Waals surface area (Å²) in [7, 11) is 0. The topological polar surface area (TPSA) is 26.3 Å². The highest BCUT2D eigenvalue weighted by Gasteiger charge is 2.15. The molecule has 0 unspecified atom stereocenters. The molecule has 2 nitrogen and oxygen atoms in total. The molecule has 0 saturated heterocycles. The molecule has 4 heteroatoms. The van der Waals surface area contributed by atoms with Gasteiger partial charge in [0.1, 0.15) is 5.60 Å². The largest absolute Gasteiger partial charge is 0.457 e. The molecule has 72 valence electrons. The minimum Gasteiger partial charge on any atom is -0.457 e. The zero-order valence-corrected chi connectivity index (χ0v) is 9.50. The van der Waals surface area contributed by atoms with Gasteiger partial charge < -0.3 is 4.74 Å². The molecule has 0 N–H and O–H groups in total. The number of ether oxygens (including phenoxy) is 1. The second-order valence-corrected chi connectivity index (χ2v) is 5.66. The van der Waals surface area contributed by atoms with Gasteiger partial charge in [0.05, 0.1) is 4.24 Å². The average Bonchev–Trinajstić information content (AvgIpc) is 2.34. The van der Waals surface area contributed by atoms with Crippen molar-refractivity contribution in [3.63, 3.8) is 0 Å². The molecular weight excluding hydrogens is 204 g/mol. The minimum absolute atomic E-state index is 0.272. The van der Waals surface area contributed by atoms with Crippen molar-refractivity contribution in [2.24, 2.45) is 0 Å². The van der Waals surface area contributed by atoms with Gasteiger partial charge in [0.2, 0.25) is 0 Å². The van der Waals surface area contributed by atoms with Crippen LogP contribution in [-0.2, 0) is 9.53 Å². The molecule has 1 aliphatic heterocycles. The third kappa shape index (κ3) is 4.43. The van der Waals surface area contributed by atoms with E-state index in [4.69, 9.17) is 4.74 Å². The normalized spacial score (nSPS) is 16.1. The van der Waals surface area contributed by atoms with Gasteiger partial charge in [-0.05, 0) is 31.6 Å². The van der Waals surface area contributed by atoms with E-state index >= 15 is 0 Å². The smallest absolute Gasteiger partial charge is 0.332 e. The molecule has 0 amide bonds. The summed E-state index contributed by atoms with van der Waals surface area (Å²) in [6.45, 7) is 5.57. The Kier molecular flexibility index (Phi) is 3.50. The Balaban J connectivity index is 2.46. The first-order valence-electron chi connectivity index (χ1n) is 3.90. The molecule has 0 aliphatic carbocycles. The van der Waals surface area contributed by atoms with E-state index in [0.717, 1.165) is 4.24 Å². The molecule has 1 rings (SSSR count). The van der Waals surface area contributed by atoms with Crippen LogP contribution in [0.15, 0.2) is 21.1 Å². The summed E-state index contributed by atoms with van der Waals surface area (Å²) in [5.74, 6) is -0.272. The standard InChI is InChI=1S/C9H12O2S2/c1-9(2,3)11-7(10)6-8-12-4-5-13-8/h4-6H,1-3H3. The zero-order valence-electron chi connectivity index (χ0n) is 7.87. The van der Waals surface area contributed by atoms with Crippen molar-refractivity contribution in [1.29, 1.82) is 0 Å². The van der Waals surface area contributed by atoms with Gasteiger partial charge in [0.25, 0.3) is 0 Å². The lowest BCUT2D eigenvalue weighted by Gasteiger charge is -2.18. The van der Waals surface area contributed by atoms with E-state index in [-0.39, 0.29) is 5.97 Å². The van der Waals surface area contributed by atoms with Crippen molar-refractivity contribution >= 4 is 29.5 Å². The predicted octanol–water partition coefficient (Wildman–Crippen LogP) is 3.12. The van der Waals surface area contributed by atoms with Crippen LogP contribution in [0.3, 0.4) is 0 Å². The first-order valence-corrected chi connectivity index (χ1v) is 5.66. The maximum Gasteiger partial charge on any atom is 0.332 e. The second kappa shape index (κ2) is 4.24. The van der Waals surface area contributed by atoms with Crippen molar-refractivity contribution in [3.8, 4) is 0 Å². The molecule has 0 atom stereocenters. The summed E-state index contributed by atoms with van der Waals surface area (Å²) in [4.78, 5) is 11.3. The van der Waals surface area contributed by atoms with E-state index in [1.54, 1.807) is 0 Å². The van der Waals surface area contributed by atoms with Crippen LogP contribution in [0.1, 0.15) is 20.8 Å². The highest BCUT2D eigenvalue weighted by Crippen LogP contribution is 2.37. The quantitative estimate of drug-likeness (QED) is 0.497. The van der Waals surface area contributed by atoms with Crippen molar-refractivity contribution in [1.82, 2.24) is 0 Å². The Morgan fingerprint density at radius 3 is 2.38 bits per heavy atom. The van der Waals surface area contributed by atoms with Gasteiger partial charge in [-0.2, -0.15) is 0 Å². The molecule has 13 heavy (non-hydrogen) atoms. The number of carbonyl (C=O) groups excluding carboxylic acids is 1. The maximum atomic E-state index is 11.3. The van der Waals surface area contributed by atoms with Crippen LogP contribution >= 0.6 is 23.5 Å². The van der Waals surface area contributed by atoms with Crippen molar-refractivity contribution in [2.75, 3.05) is 0 Å². The predicted molar refractivity (Wildman–Crippen MR) is 58.3 cm³/mol. The van der Waals surface area contributed by atoms with E-state index < -0.39 is 5.60 Å². The fourth-order valence-corrected chi connectivity index (χ4v) is 2.31. The summed E-state index contributed by atoms with van der Waals surface area (Å²) in [6.07, 6.45) is 1.53. The van der Waals surface area contributed by atoms with Gasteiger partial charge in [-0.1, -0.05) is 23.5 Å². The van der Waals surface area contributed by atoms with Gasteiger partial charge in [0.15, 0.2) is 0 Å². The van der Waals surface area contributed by atoms with Crippen LogP contribution in [0, 0.1) is 0 Å². The van der Waals surface area contributed by atoms with E-state index in [0.29, 0.717) is 0 Å². The molecule has 1 aliphatic rings. The lowest BCUT2D eigenvalue weighted by atomic mass is 10.2. The molecular formula is C9H12O2S2. The van der Waals surface area contributed by atoms with Gasteiger partial charge in [0, 0.05) is 6.08 Å². The molecule has 0 saturated carbocycles.